The Bertz CT molecular complexity index is 358. The fourth-order valence-electron chi connectivity index (χ4n) is 2.63. The van der Waals surface area contributed by atoms with Crippen LogP contribution in [0.2, 0.25) is 0 Å². The van der Waals surface area contributed by atoms with Gasteiger partial charge in [-0.1, -0.05) is 58.4 Å². The molecule has 120 valence electrons. The highest BCUT2D eigenvalue weighted by molar-refractivity contribution is 5.25. The molecule has 0 fully saturated rings. The number of nitrogens with one attached hydrogen (secondary N) is 1. The summed E-state index contributed by atoms with van der Waals surface area (Å²) >= 11 is 0. The maximum absolute atomic E-state index is 5.32. The Labute approximate surface area is 130 Å². The molecule has 21 heavy (non-hydrogen) atoms. The number of methoxy groups -OCH3 is 1. The second-order valence-corrected chi connectivity index (χ2v) is 5.74. The first-order valence-corrected chi connectivity index (χ1v) is 8.53. The van der Waals surface area contributed by atoms with E-state index in [1.54, 1.807) is 13.3 Å². The van der Waals surface area contributed by atoms with E-state index in [-0.39, 0.29) is 0 Å². The first-order valence-electron chi connectivity index (χ1n) is 8.53. The van der Waals surface area contributed by atoms with Crippen molar-refractivity contribution in [2.75, 3.05) is 7.11 Å². The second-order valence-electron chi connectivity index (χ2n) is 5.74. The number of hydrogen-bond donors (Lipinski definition) is 1. The molecule has 1 aromatic heterocycles. The molecule has 0 aliphatic carbocycles. The molecule has 0 aliphatic heterocycles. The molecule has 0 saturated heterocycles. The Morgan fingerprint density at radius 1 is 1.10 bits per heavy atom. The minimum atomic E-state index is 0.619. The van der Waals surface area contributed by atoms with Crippen LogP contribution >= 0.6 is 0 Å². The van der Waals surface area contributed by atoms with Crippen LogP contribution in [0, 0.1) is 0 Å². The largest absolute Gasteiger partial charge is 0.481 e. The molecule has 0 aromatic carbocycles. The van der Waals surface area contributed by atoms with Gasteiger partial charge in [0.2, 0.25) is 5.88 Å². The van der Waals surface area contributed by atoms with E-state index in [0.717, 1.165) is 18.0 Å². The lowest BCUT2D eigenvalue weighted by molar-refractivity contribution is 0.380. The van der Waals surface area contributed by atoms with Gasteiger partial charge in [-0.15, -0.1) is 0 Å². The minimum absolute atomic E-state index is 0.619. The van der Waals surface area contributed by atoms with Gasteiger partial charge in [0, 0.05) is 24.3 Å². The molecule has 1 aromatic rings. The summed E-state index contributed by atoms with van der Waals surface area (Å²) in [6, 6.07) is 4.68. The van der Waals surface area contributed by atoms with E-state index < -0.39 is 0 Å². The summed E-state index contributed by atoms with van der Waals surface area (Å²) in [5.74, 6) is 0.742. The Morgan fingerprint density at radius 3 is 2.33 bits per heavy atom. The summed E-state index contributed by atoms with van der Waals surface area (Å²) in [6.45, 7) is 5.37. The molecule has 0 radical (unpaired) electrons. The molecule has 3 heteroatoms. The summed E-state index contributed by atoms with van der Waals surface area (Å²) in [5, 5.41) is 3.71. The Kier molecular flexibility index (Phi) is 9.88. The van der Waals surface area contributed by atoms with Gasteiger partial charge in [-0.25, -0.2) is 4.98 Å². The van der Waals surface area contributed by atoms with Gasteiger partial charge in [-0.05, 0) is 18.9 Å². The van der Waals surface area contributed by atoms with Crippen molar-refractivity contribution >= 4 is 0 Å². The predicted molar refractivity (Wildman–Crippen MR) is 89.7 cm³/mol. The highest BCUT2D eigenvalue weighted by Gasteiger charge is 2.10. The van der Waals surface area contributed by atoms with Crippen LogP contribution in [0.1, 0.15) is 70.8 Å². The quantitative estimate of drug-likeness (QED) is 0.567. The summed E-state index contributed by atoms with van der Waals surface area (Å²) in [4.78, 5) is 4.26. The maximum Gasteiger partial charge on any atom is 0.217 e. The summed E-state index contributed by atoms with van der Waals surface area (Å²) in [6.07, 6.45) is 12.2. The number of unbranched alkanes of at least 4 members (excludes halogenated alkanes) is 4. The second kappa shape index (κ2) is 11.6. The van der Waals surface area contributed by atoms with Crippen LogP contribution in [0.5, 0.6) is 5.88 Å². The molecule has 0 aliphatic rings. The number of aromatic nitrogens is 1. The lowest BCUT2D eigenvalue weighted by Gasteiger charge is -2.19. The van der Waals surface area contributed by atoms with Gasteiger partial charge in [-0.2, -0.15) is 0 Å². The average molecular weight is 292 g/mol. The molecule has 0 spiro atoms. The normalized spacial score (nSPS) is 11.0. The number of rotatable bonds is 12. The molecule has 0 unspecified atom stereocenters. The molecule has 1 heterocycles. The smallest absolute Gasteiger partial charge is 0.217 e. The summed E-state index contributed by atoms with van der Waals surface area (Å²) < 4.78 is 5.32. The van der Waals surface area contributed by atoms with Crippen molar-refractivity contribution < 1.29 is 4.74 Å². The number of pyridine rings is 1. The van der Waals surface area contributed by atoms with Gasteiger partial charge in [0.25, 0.3) is 0 Å². The van der Waals surface area contributed by atoms with E-state index in [2.05, 4.69) is 30.2 Å². The molecule has 1 rings (SSSR count). The third-order valence-corrected chi connectivity index (χ3v) is 3.94. The van der Waals surface area contributed by atoms with Gasteiger partial charge in [0.15, 0.2) is 0 Å². The zero-order valence-electron chi connectivity index (χ0n) is 14.0. The molecule has 0 atom stereocenters. The fourth-order valence-corrected chi connectivity index (χ4v) is 2.63. The lowest BCUT2D eigenvalue weighted by atomic mass is 10.0. The van der Waals surface area contributed by atoms with Crippen LogP contribution in [0.15, 0.2) is 18.3 Å². The van der Waals surface area contributed by atoms with E-state index in [4.69, 9.17) is 4.74 Å². The number of nitrogens with zero attached hydrogens (tertiary/aromatic N) is 1. The van der Waals surface area contributed by atoms with Gasteiger partial charge in [-0.3, -0.25) is 0 Å². The highest BCUT2D eigenvalue weighted by atomic mass is 16.5. The molecule has 0 bridgehead atoms. The van der Waals surface area contributed by atoms with E-state index in [1.807, 2.05) is 6.07 Å². The molecule has 3 nitrogen and oxygen atoms in total. The van der Waals surface area contributed by atoms with Crippen molar-refractivity contribution in [3.8, 4) is 5.88 Å². The van der Waals surface area contributed by atoms with Crippen LogP contribution in [0.4, 0.5) is 0 Å². The molecule has 0 saturated carbocycles. The monoisotopic (exact) mass is 292 g/mol. The number of hydrogen-bond acceptors (Lipinski definition) is 3. The Hall–Kier alpha value is -1.09. The van der Waals surface area contributed by atoms with Crippen molar-refractivity contribution in [2.45, 2.75) is 77.8 Å². The van der Waals surface area contributed by atoms with Crippen molar-refractivity contribution in [3.05, 3.63) is 23.9 Å². The third kappa shape index (κ3) is 7.47. The van der Waals surface area contributed by atoms with E-state index in [9.17, 15) is 0 Å². The third-order valence-electron chi connectivity index (χ3n) is 3.94. The maximum atomic E-state index is 5.32. The van der Waals surface area contributed by atoms with Crippen molar-refractivity contribution in [3.63, 3.8) is 0 Å². The lowest BCUT2D eigenvalue weighted by Crippen LogP contribution is -2.28. The predicted octanol–water partition coefficient (Wildman–Crippen LogP) is 4.71. The Balaban J connectivity index is 2.46. The highest BCUT2D eigenvalue weighted by Crippen LogP contribution is 2.16. The molecule has 0 amide bonds. The zero-order chi connectivity index (χ0) is 15.3. The van der Waals surface area contributed by atoms with Crippen LogP contribution in [-0.2, 0) is 6.54 Å². The zero-order valence-corrected chi connectivity index (χ0v) is 14.0. The van der Waals surface area contributed by atoms with Gasteiger partial charge in [0.05, 0.1) is 7.11 Å². The van der Waals surface area contributed by atoms with Crippen LogP contribution < -0.4 is 10.1 Å². The van der Waals surface area contributed by atoms with Crippen LogP contribution in [0.25, 0.3) is 0 Å². The van der Waals surface area contributed by atoms with E-state index in [0.29, 0.717) is 6.04 Å². The van der Waals surface area contributed by atoms with Crippen molar-refractivity contribution in [1.82, 2.24) is 10.3 Å². The standard InChI is InChI=1S/C18H32N2O/c1-4-6-8-12-17(13-9-7-5-2)20-15-16-11-10-14-19-18(16)21-3/h10-11,14,17,20H,4-9,12-13,15H2,1-3H3. The molecule has 1 N–H and O–H groups in total. The SMILES string of the molecule is CCCCCC(CCCCC)NCc1cccnc1OC. The fraction of sp³-hybridized carbons (Fsp3) is 0.722. The summed E-state index contributed by atoms with van der Waals surface area (Å²) in [5.41, 5.74) is 1.15. The minimum Gasteiger partial charge on any atom is -0.481 e. The van der Waals surface area contributed by atoms with Gasteiger partial charge < -0.3 is 10.1 Å². The Morgan fingerprint density at radius 2 is 1.76 bits per heavy atom. The van der Waals surface area contributed by atoms with E-state index in [1.165, 1.54) is 51.4 Å². The first-order chi connectivity index (χ1) is 10.3. The van der Waals surface area contributed by atoms with Gasteiger partial charge in [0.1, 0.15) is 0 Å². The van der Waals surface area contributed by atoms with E-state index >= 15 is 0 Å². The van der Waals surface area contributed by atoms with Crippen molar-refractivity contribution in [1.29, 1.82) is 0 Å². The van der Waals surface area contributed by atoms with Crippen LogP contribution in [0.3, 0.4) is 0 Å². The topological polar surface area (TPSA) is 34.2 Å². The van der Waals surface area contributed by atoms with Crippen LogP contribution in [-0.4, -0.2) is 18.1 Å². The first kappa shape index (κ1) is 18.0. The average Bonchev–Trinajstić information content (AvgIpc) is 2.52. The summed E-state index contributed by atoms with van der Waals surface area (Å²) in [7, 11) is 1.69. The number of ether oxygens (including phenoxy) is 1. The molecular formula is C18H32N2O. The molecular weight excluding hydrogens is 260 g/mol. The van der Waals surface area contributed by atoms with Crippen molar-refractivity contribution in [2.24, 2.45) is 0 Å². The van der Waals surface area contributed by atoms with Gasteiger partial charge >= 0.3 is 0 Å².